The van der Waals surface area contributed by atoms with Crippen molar-refractivity contribution >= 4 is 23.2 Å². The third-order valence-corrected chi connectivity index (χ3v) is 7.19. The Hall–Kier alpha value is -4.20. The largest absolute Gasteiger partial charge is 0.493 e. The van der Waals surface area contributed by atoms with Crippen LogP contribution in [-0.4, -0.2) is 45.2 Å². The molecule has 4 aromatic carbocycles. The number of amides is 1. The van der Waals surface area contributed by atoms with E-state index < -0.39 is 11.8 Å². The number of hydrogen-bond acceptors (Lipinski definition) is 5. The Morgan fingerprint density at radius 1 is 0.878 bits per heavy atom. The second-order valence-electron chi connectivity index (χ2n) is 10.2. The highest BCUT2D eigenvalue weighted by Crippen LogP contribution is 2.40. The number of nitrogens with zero attached hydrogens (tertiary/aromatic N) is 1. The molecule has 7 nitrogen and oxygen atoms in total. The van der Waals surface area contributed by atoms with Crippen LogP contribution in [0.2, 0.25) is 0 Å². The summed E-state index contributed by atoms with van der Waals surface area (Å²) in [6.07, 6.45) is 5.67. The topological polar surface area (TPSA) is 107 Å². The number of fused-ring (bicyclic) bond motifs is 1. The quantitative estimate of drug-likeness (QED) is 0.110. The van der Waals surface area contributed by atoms with Gasteiger partial charge in [-0.15, -0.1) is 0 Å². The van der Waals surface area contributed by atoms with Gasteiger partial charge in [-0.05, 0) is 71.5 Å². The number of para-hydroxylation sites is 1. The molecule has 1 amide bonds. The van der Waals surface area contributed by atoms with E-state index >= 15 is 0 Å². The summed E-state index contributed by atoms with van der Waals surface area (Å²) in [6, 6.07) is 28.5. The highest BCUT2D eigenvalue weighted by Gasteiger charge is 2.48. The molecule has 4 aromatic rings. The van der Waals surface area contributed by atoms with Crippen molar-refractivity contribution in [3.63, 3.8) is 0 Å². The molecule has 0 spiro atoms. The van der Waals surface area contributed by atoms with E-state index in [0.717, 1.165) is 55.0 Å². The van der Waals surface area contributed by atoms with Gasteiger partial charge in [-0.2, -0.15) is 0 Å². The van der Waals surface area contributed by atoms with Gasteiger partial charge in [-0.1, -0.05) is 86.8 Å². The summed E-state index contributed by atoms with van der Waals surface area (Å²) in [5, 5.41) is 32.1. The molecule has 7 heteroatoms. The first-order valence-electron chi connectivity index (χ1n) is 14.1. The fraction of sp³-hybridized carbons (Fsp3) is 0.294. The van der Waals surface area contributed by atoms with E-state index in [1.807, 2.05) is 24.3 Å². The molecule has 1 aliphatic rings. The van der Waals surface area contributed by atoms with Crippen LogP contribution < -0.4 is 4.74 Å². The Morgan fingerprint density at radius 2 is 1.51 bits per heavy atom. The Bertz CT molecular complexity index is 1450. The van der Waals surface area contributed by atoms with Crippen molar-refractivity contribution in [2.24, 2.45) is 0 Å². The predicted molar refractivity (Wildman–Crippen MR) is 159 cm³/mol. The average Bonchev–Trinajstić information content (AvgIpc) is 3.82. The molecule has 0 saturated heterocycles. The zero-order valence-corrected chi connectivity index (χ0v) is 23.3. The Balaban J connectivity index is 0.00000124. The summed E-state index contributed by atoms with van der Waals surface area (Å²) < 4.78 is 5.94. The van der Waals surface area contributed by atoms with Gasteiger partial charge in [0.1, 0.15) is 5.75 Å². The van der Waals surface area contributed by atoms with E-state index in [1.165, 1.54) is 10.3 Å². The van der Waals surface area contributed by atoms with Crippen LogP contribution in [0.4, 0.5) is 0 Å². The summed E-state index contributed by atoms with van der Waals surface area (Å²) >= 11 is 0. The van der Waals surface area contributed by atoms with E-state index in [4.69, 9.17) is 14.6 Å². The summed E-state index contributed by atoms with van der Waals surface area (Å²) in [4.78, 5) is 23.2. The van der Waals surface area contributed by atoms with Gasteiger partial charge in [0.2, 0.25) is 0 Å². The second-order valence-corrected chi connectivity index (χ2v) is 10.2. The maximum absolute atomic E-state index is 13.7. The number of hydrogen-bond donors (Lipinski definition) is 3. The standard InChI is InChI=1S/C33H35NO4.CH2O2/c1-2-3-4-9-22-38-31-13-8-7-12-30(31)33(36,37)34(29-20-21-29)32(35)26-17-14-25(15-18-26)28-19-16-24-10-5-6-11-27(24)23-28;2-1-3/h5-8,10-19,23,29,36-37H,2-4,9,20-22H2,1H3;1H,(H,2,3). The number of rotatable bonds is 11. The summed E-state index contributed by atoms with van der Waals surface area (Å²) in [5.41, 5.74) is 2.65. The molecule has 1 aliphatic carbocycles. The number of carbonyl (C=O) groups is 2. The highest BCUT2D eigenvalue weighted by molar-refractivity contribution is 5.96. The minimum absolute atomic E-state index is 0.184. The molecular formula is C34H37NO6. The van der Waals surface area contributed by atoms with Crippen molar-refractivity contribution in [3.05, 3.63) is 102 Å². The third kappa shape index (κ3) is 7.31. The Labute approximate surface area is 240 Å². The number of benzene rings is 4. The van der Waals surface area contributed by atoms with Gasteiger partial charge in [0.15, 0.2) is 0 Å². The number of unbranched alkanes of at least 4 members (excludes halogenated alkanes) is 3. The van der Waals surface area contributed by atoms with Crippen LogP contribution in [0, 0.1) is 0 Å². The lowest BCUT2D eigenvalue weighted by Crippen LogP contribution is -2.51. The van der Waals surface area contributed by atoms with Crippen LogP contribution in [0.15, 0.2) is 91.0 Å². The molecule has 0 aliphatic heterocycles. The first kappa shape index (κ1) is 29.8. The number of ether oxygens (including phenoxy) is 1. The lowest BCUT2D eigenvalue weighted by atomic mass is 10.00. The number of carboxylic acid groups (broad SMARTS) is 1. The smallest absolute Gasteiger partial charge is 0.290 e. The van der Waals surface area contributed by atoms with Crippen molar-refractivity contribution in [2.75, 3.05) is 6.61 Å². The second kappa shape index (κ2) is 13.9. The molecule has 41 heavy (non-hydrogen) atoms. The highest BCUT2D eigenvalue weighted by atomic mass is 16.5. The van der Waals surface area contributed by atoms with Crippen LogP contribution in [0.25, 0.3) is 21.9 Å². The molecule has 5 rings (SSSR count). The van der Waals surface area contributed by atoms with E-state index in [0.29, 0.717) is 17.9 Å². The van der Waals surface area contributed by atoms with Crippen LogP contribution in [0.1, 0.15) is 61.4 Å². The fourth-order valence-corrected chi connectivity index (χ4v) is 4.92. The first-order valence-corrected chi connectivity index (χ1v) is 14.1. The molecule has 3 N–H and O–H groups in total. The fourth-order valence-electron chi connectivity index (χ4n) is 4.92. The minimum Gasteiger partial charge on any atom is -0.493 e. The third-order valence-electron chi connectivity index (χ3n) is 7.19. The Kier molecular flexibility index (Phi) is 10.1. The van der Waals surface area contributed by atoms with E-state index in [2.05, 4.69) is 37.3 Å². The summed E-state index contributed by atoms with van der Waals surface area (Å²) in [6.45, 7) is 2.39. The van der Waals surface area contributed by atoms with Gasteiger partial charge in [0, 0.05) is 11.6 Å². The molecular weight excluding hydrogens is 518 g/mol. The summed E-state index contributed by atoms with van der Waals surface area (Å²) in [5.74, 6) is -2.52. The van der Waals surface area contributed by atoms with Gasteiger partial charge in [0.05, 0.1) is 12.2 Å². The van der Waals surface area contributed by atoms with Crippen LogP contribution in [-0.2, 0) is 10.7 Å². The van der Waals surface area contributed by atoms with Gasteiger partial charge >= 0.3 is 0 Å². The van der Waals surface area contributed by atoms with Crippen LogP contribution >= 0.6 is 0 Å². The van der Waals surface area contributed by atoms with Gasteiger partial charge in [0.25, 0.3) is 18.3 Å². The lowest BCUT2D eigenvalue weighted by molar-refractivity contribution is -0.259. The van der Waals surface area contributed by atoms with Gasteiger partial charge in [-0.3, -0.25) is 14.5 Å². The number of carbonyl (C=O) groups excluding carboxylic acids is 1. The van der Waals surface area contributed by atoms with Gasteiger partial charge < -0.3 is 20.1 Å². The molecule has 1 fully saturated rings. The van der Waals surface area contributed by atoms with E-state index in [-0.39, 0.29) is 18.1 Å². The van der Waals surface area contributed by atoms with Crippen molar-refractivity contribution in [1.29, 1.82) is 0 Å². The molecule has 0 bridgehead atoms. The summed E-state index contributed by atoms with van der Waals surface area (Å²) in [7, 11) is 0. The van der Waals surface area contributed by atoms with Crippen molar-refractivity contribution < 1.29 is 29.6 Å². The molecule has 0 radical (unpaired) electrons. The first-order chi connectivity index (χ1) is 19.9. The molecule has 0 aromatic heterocycles. The van der Waals surface area contributed by atoms with Gasteiger partial charge in [-0.25, -0.2) is 0 Å². The van der Waals surface area contributed by atoms with E-state index in [9.17, 15) is 15.0 Å². The predicted octanol–water partition coefficient (Wildman–Crippen LogP) is 6.57. The maximum atomic E-state index is 13.7. The van der Waals surface area contributed by atoms with Crippen LogP contribution in [0.3, 0.4) is 0 Å². The zero-order chi connectivity index (χ0) is 29.2. The SMILES string of the molecule is CCCCCCOc1ccccc1C(O)(O)N(C(=O)c1ccc(-c2ccc3ccccc3c2)cc1)C1CC1.O=CO. The molecule has 0 unspecified atom stereocenters. The molecule has 0 heterocycles. The molecule has 0 atom stereocenters. The lowest BCUT2D eigenvalue weighted by Gasteiger charge is -2.36. The monoisotopic (exact) mass is 555 g/mol. The number of aliphatic hydroxyl groups is 2. The average molecular weight is 556 g/mol. The van der Waals surface area contributed by atoms with Crippen LogP contribution in [0.5, 0.6) is 5.75 Å². The normalized spacial score (nSPS) is 12.8. The molecule has 1 saturated carbocycles. The maximum Gasteiger partial charge on any atom is 0.290 e. The van der Waals surface area contributed by atoms with Crippen molar-refractivity contribution in [3.8, 4) is 16.9 Å². The molecule has 214 valence electrons. The zero-order valence-electron chi connectivity index (χ0n) is 23.3. The van der Waals surface area contributed by atoms with Crippen molar-refractivity contribution in [2.45, 2.75) is 57.4 Å². The minimum atomic E-state index is -2.49. The van der Waals surface area contributed by atoms with Crippen molar-refractivity contribution in [1.82, 2.24) is 4.90 Å². The van der Waals surface area contributed by atoms with E-state index in [1.54, 1.807) is 36.4 Å². The Morgan fingerprint density at radius 3 is 2.20 bits per heavy atom.